The van der Waals surface area contributed by atoms with Crippen LogP contribution in [0.15, 0.2) is 48.5 Å². The average molecular weight is 326 g/mol. The lowest BCUT2D eigenvalue weighted by Crippen LogP contribution is -2.36. The standard InChI is InChI=1S/C21H30N2O/c1-21(2,3)23-14-7-10-18-11-12-20(19(22)16-18)24-15-13-17-8-5-4-6-9-17/h4-6,8-9,11-12,16,23H,7,10,13-15,22H2,1-3H3. The second-order valence-corrected chi connectivity index (χ2v) is 7.24. The largest absolute Gasteiger partial charge is 0.491 e. The maximum absolute atomic E-state index is 6.13. The quantitative estimate of drug-likeness (QED) is 0.564. The first-order valence-electron chi connectivity index (χ1n) is 8.74. The van der Waals surface area contributed by atoms with Gasteiger partial charge in [0.2, 0.25) is 0 Å². The number of nitrogens with two attached hydrogens (primary N) is 1. The van der Waals surface area contributed by atoms with Gasteiger partial charge >= 0.3 is 0 Å². The van der Waals surface area contributed by atoms with Gasteiger partial charge in [-0.15, -0.1) is 0 Å². The molecule has 0 amide bonds. The van der Waals surface area contributed by atoms with Gasteiger partial charge in [-0.05, 0) is 63.4 Å². The van der Waals surface area contributed by atoms with E-state index < -0.39 is 0 Å². The summed E-state index contributed by atoms with van der Waals surface area (Å²) < 4.78 is 5.83. The monoisotopic (exact) mass is 326 g/mol. The van der Waals surface area contributed by atoms with Gasteiger partial charge in [0.25, 0.3) is 0 Å². The molecule has 24 heavy (non-hydrogen) atoms. The zero-order valence-corrected chi connectivity index (χ0v) is 15.1. The van der Waals surface area contributed by atoms with Gasteiger partial charge in [-0.2, -0.15) is 0 Å². The Balaban J connectivity index is 1.77. The molecule has 2 aromatic rings. The van der Waals surface area contributed by atoms with E-state index in [1.165, 1.54) is 11.1 Å². The molecule has 0 aliphatic carbocycles. The molecule has 130 valence electrons. The number of nitrogen functional groups attached to an aromatic ring is 1. The van der Waals surface area contributed by atoms with E-state index in [4.69, 9.17) is 10.5 Å². The van der Waals surface area contributed by atoms with Crippen molar-refractivity contribution in [3.05, 3.63) is 59.7 Å². The van der Waals surface area contributed by atoms with Crippen molar-refractivity contribution < 1.29 is 4.74 Å². The smallest absolute Gasteiger partial charge is 0.142 e. The maximum Gasteiger partial charge on any atom is 0.142 e. The van der Waals surface area contributed by atoms with Gasteiger partial charge in [0, 0.05) is 12.0 Å². The molecule has 0 atom stereocenters. The van der Waals surface area contributed by atoms with Gasteiger partial charge in [0.15, 0.2) is 0 Å². The number of hydrogen-bond donors (Lipinski definition) is 2. The van der Waals surface area contributed by atoms with Crippen molar-refractivity contribution in [1.82, 2.24) is 5.32 Å². The van der Waals surface area contributed by atoms with Crippen LogP contribution in [0.3, 0.4) is 0 Å². The summed E-state index contributed by atoms with van der Waals surface area (Å²) in [6, 6.07) is 16.5. The van der Waals surface area contributed by atoms with E-state index in [0.29, 0.717) is 6.61 Å². The summed E-state index contributed by atoms with van der Waals surface area (Å²) in [6.07, 6.45) is 3.02. The highest BCUT2D eigenvalue weighted by molar-refractivity contribution is 5.54. The Kier molecular flexibility index (Phi) is 6.68. The molecule has 3 heteroatoms. The molecule has 2 rings (SSSR count). The van der Waals surface area contributed by atoms with Crippen LogP contribution in [0.2, 0.25) is 0 Å². The molecule has 0 saturated heterocycles. The van der Waals surface area contributed by atoms with E-state index in [0.717, 1.165) is 37.2 Å². The molecule has 2 aromatic carbocycles. The van der Waals surface area contributed by atoms with E-state index in [2.05, 4.69) is 44.3 Å². The Morgan fingerprint density at radius 1 is 0.958 bits per heavy atom. The third-order valence-electron chi connectivity index (χ3n) is 3.86. The van der Waals surface area contributed by atoms with Crippen LogP contribution < -0.4 is 15.8 Å². The molecule has 0 aliphatic heterocycles. The lowest BCUT2D eigenvalue weighted by atomic mass is 10.1. The van der Waals surface area contributed by atoms with E-state index in [9.17, 15) is 0 Å². The van der Waals surface area contributed by atoms with E-state index in [1.54, 1.807) is 0 Å². The number of anilines is 1. The van der Waals surface area contributed by atoms with Gasteiger partial charge in [-0.25, -0.2) is 0 Å². The minimum Gasteiger partial charge on any atom is -0.491 e. The highest BCUT2D eigenvalue weighted by Crippen LogP contribution is 2.23. The fraction of sp³-hybridized carbons (Fsp3) is 0.429. The summed E-state index contributed by atoms with van der Waals surface area (Å²) in [5.74, 6) is 0.780. The summed E-state index contributed by atoms with van der Waals surface area (Å²) in [5, 5.41) is 3.51. The van der Waals surface area contributed by atoms with Crippen molar-refractivity contribution in [1.29, 1.82) is 0 Å². The fourth-order valence-electron chi connectivity index (χ4n) is 2.56. The molecule has 0 heterocycles. The van der Waals surface area contributed by atoms with Gasteiger partial charge in [-0.3, -0.25) is 0 Å². The van der Waals surface area contributed by atoms with Crippen LogP contribution in [-0.2, 0) is 12.8 Å². The van der Waals surface area contributed by atoms with Crippen LogP contribution in [0, 0.1) is 0 Å². The molecule has 0 bridgehead atoms. The van der Waals surface area contributed by atoms with Crippen LogP contribution in [0.4, 0.5) is 5.69 Å². The fourth-order valence-corrected chi connectivity index (χ4v) is 2.56. The number of aryl methyl sites for hydroxylation is 1. The van der Waals surface area contributed by atoms with Gasteiger partial charge in [-0.1, -0.05) is 36.4 Å². The Labute approximate surface area is 146 Å². The molecule has 0 spiro atoms. The average Bonchev–Trinajstić information content (AvgIpc) is 2.54. The summed E-state index contributed by atoms with van der Waals surface area (Å²) >= 11 is 0. The molecule has 0 saturated carbocycles. The Morgan fingerprint density at radius 3 is 2.38 bits per heavy atom. The first-order chi connectivity index (χ1) is 11.4. The van der Waals surface area contributed by atoms with Crippen molar-refractivity contribution in [3.8, 4) is 5.75 Å². The number of benzene rings is 2. The second kappa shape index (κ2) is 8.74. The Morgan fingerprint density at radius 2 is 1.71 bits per heavy atom. The van der Waals surface area contributed by atoms with Gasteiger partial charge in [0.05, 0.1) is 12.3 Å². The van der Waals surface area contributed by atoms with Crippen molar-refractivity contribution in [2.45, 2.75) is 45.6 Å². The zero-order chi connectivity index (χ0) is 17.4. The summed E-state index contributed by atoms with van der Waals surface area (Å²) in [6.45, 7) is 8.22. The number of hydrogen-bond acceptors (Lipinski definition) is 3. The summed E-state index contributed by atoms with van der Waals surface area (Å²) in [4.78, 5) is 0. The predicted octanol–water partition coefficient (Wildman–Crippen LogP) is 4.21. The topological polar surface area (TPSA) is 47.3 Å². The number of nitrogens with one attached hydrogen (secondary N) is 1. The van der Waals surface area contributed by atoms with Crippen LogP contribution in [-0.4, -0.2) is 18.7 Å². The molecule has 3 N–H and O–H groups in total. The van der Waals surface area contributed by atoms with E-state index in [-0.39, 0.29) is 5.54 Å². The Hall–Kier alpha value is -2.00. The lowest BCUT2D eigenvalue weighted by molar-refractivity contribution is 0.323. The second-order valence-electron chi connectivity index (χ2n) is 7.24. The Bertz CT molecular complexity index is 617. The third-order valence-corrected chi connectivity index (χ3v) is 3.86. The van der Waals surface area contributed by atoms with E-state index >= 15 is 0 Å². The molecule has 0 aliphatic rings. The number of rotatable bonds is 8. The minimum atomic E-state index is 0.176. The molecular weight excluding hydrogens is 296 g/mol. The molecular formula is C21H30N2O. The van der Waals surface area contributed by atoms with Crippen LogP contribution in [0.5, 0.6) is 5.75 Å². The molecule has 0 radical (unpaired) electrons. The first kappa shape index (κ1) is 18.3. The van der Waals surface area contributed by atoms with Crippen LogP contribution in [0.25, 0.3) is 0 Å². The molecule has 0 aromatic heterocycles. The number of ether oxygens (including phenoxy) is 1. The van der Waals surface area contributed by atoms with Crippen molar-refractivity contribution in [2.75, 3.05) is 18.9 Å². The van der Waals surface area contributed by atoms with E-state index in [1.807, 2.05) is 30.3 Å². The minimum absolute atomic E-state index is 0.176. The summed E-state index contributed by atoms with van der Waals surface area (Å²) in [5.41, 5.74) is 9.58. The predicted molar refractivity (Wildman–Crippen MR) is 103 cm³/mol. The third kappa shape index (κ3) is 6.63. The van der Waals surface area contributed by atoms with Crippen LogP contribution >= 0.6 is 0 Å². The lowest BCUT2D eigenvalue weighted by Gasteiger charge is -2.20. The maximum atomic E-state index is 6.13. The highest BCUT2D eigenvalue weighted by atomic mass is 16.5. The zero-order valence-electron chi connectivity index (χ0n) is 15.1. The molecule has 0 fully saturated rings. The summed E-state index contributed by atoms with van der Waals surface area (Å²) in [7, 11) is 0. The normalized spacial score (nSPS) is 11.5. The van der Waals surface area contributed by atoms with Crippen molar-refractivity contribution >= 4 is 5.69 Å². The molecule has 0 unspecified atom stereocenters. The first-order valence-corrected chi connectivity index (χ1v) is 8.74. The van der Waals surface area contributed by atoms with Crippen molar-refractivity contribution in [3.63, 3.8) is 0 Å². The van der Waals surface area contributed by atoms with Crippen LogP contribution in [0.1, 0.15) is 38.3 Å². The van der Waals surface area contributed by atoms with Crippen molar-refractivity contribution in [2.24, 2.45) is 0 Å². The van der Waals surface area contributed by atoms with Gasteiger partial charge in [0.1, 0.15) is 5.75 Å². The SMILES string of the molecule is CC(C)(C)NCCCc1ccc(OCCc2ccccc2)c(N)c1. The van der Waals surface area contributed by atoms with Gasteiger partial charge < -0.3 is 15.8 Å². The molecule has 3 nitrogen and oxygen atoms in total. The highest BCUT2D eigenvalue weighted by Gasteiger charge is 2.08.